The van der Waals surface area contributed by atoms with E-state index < -0.39 is 5.91 Å². The van der Waals surface area contributed by atoms with Gasteiger partial charge in [-0.1, -0.05) is 62.3 Å². The van der Waals surface area contributed by atoms with E-state index in [0.29, 0.717) is 21.3 Å². The highest BCUT2D eigenvalue weighted by atomic mass is 79.9. The number of hydrogen-bond donors (Lipinski definition) is 2. The number of anilines is 1. The van der Waals surface area contributed by atoms with Gasteiger partial charge in [0.2, 0.25) is 0 Å². The lowest BCUT2D eigenvalue weighted by Gasteiger charge is -2.12. The summed E-state index contributed by atoms with van der Waals surface area (Å²) in [6.07, 6.45) is 0. The maximum Gasteiger partial charge on any atom is 0.271 e. The first-order valence-electron chi connectivity index (χ1n) is 5.54. The molecule has 2 rings (SSSR count). The highest BCUT2D eigenvalue weighted by Gasteiger charge is 2.12. The second-order valence-corrected chi connectivity index (χ2v) is 6.52. The van der Waals surface area contributed by atoms with Gasteiger partial charge in [0, 0.05) is 9.50 Å². The second kappa shape index (κ2) is 7.07. The summed E-state index contributed by atoms with van der Waals surface area (Å²) in [7, 11) is 0. The van der Waals surface area contributed by atoms with Crippen molar-refractivity contribution in [1.29, 1.82) is 0 Å². The zero-order chi connectivity index (χ0) is 15.6. The Bertz CT molecular complexity index is 686. The van der Waals surface area contributed by atoms with E-state index in [4.69, 9.17) is 46.4 Å². The Kier molecular flexibility index (Phi) is 5.63. The zero-order valence-electron chi connectivity index (χ0n) is 10.2. The minimum absolute atomic E-state index is 0.287. The first kappa shape index (κ1) is 16.7. The van der Waals surface area contributed by atoms with Crippen molar-refractivity contribution in [3.05, 3.63) is 60.5 Å². The van der Waals surface area contributed by atoms with Crippen molar-refractivity contribution < 1.29 is 4.79 Å². The van der Waals surface area contributed by atoms with Gasteiger partial charge >= 0.3 is 0 Å². The summed E-state index contributed by atoms with van der Waals surface area (Å²) in [6, 6.07) is 7.95. The molecular weight excluding hydrogens is 422 g/mol. The zero-order valence-corrected chi connectivity index (χ0v) is 14.8. The van der Waals surface area contributed by atoms with Crippen molar-refractivity contribution in [3.8, 4) is 0 Å². The van der Waals surface area contributed by atoms with E-state index in [0.717, 1.165) is 4.47 Å². The molecule has 0 fully saturated rings. The molecule has 21 heavy (non-hydrogen) atoms. The Hall–Kier alpha value is -0.650. The smallest absolute Gasteiger partial charge is 0.271 e. The average molecular weight is 429 g/mol. The Morgan fingerprint density at radius 3 is 2.14 bits per heavy atom. The van der Waals surface area contributed by atoms with E-state index in [1.54, 1.807) is 18.2 Å². The van der Waals surface area contributed by atoms with Gasteiger partial charge < -0.3 is 0 Å². The predicted octanol–water partition coefficient (Wildman–Crippen LogP) is 5.82. The van der Waals surface area contributed by atoms with Gasteiger partial charge in [0.05, 0.1) is 26.3 Å². The number of amides is 1. The number of hydrogen-bond acceptors (Lipinski definition) is 2. The molecule has 0 aliphatic heterocycles. The third kappa shape index (κ3) is 4.18. The van der Waals surface area contributed by atoms with Crippen LogP contribution >= 0.6 is 62.3 Å². The van der Waals surface area contributed by atoms with E-state index in [-0.39, 0.29) is 10.0 Å². The van der Waals surface area contributed by atoms with Crippen LogP contribution in [-0.2, 0) is 0 Å². The minimum atomic E-state index is -0.422. The average Bonchev–Trinajstić information content (AvgIpc) is 2.36. The SMILES string of the molecule is O=C(NNc1c(Cl)cc(Cl)cc1Cl)c1ccc(Br)cc1Cl. The quantitative estimate of drug-likeness (QED) is 0.605. The highest BCUT2D eigenvalue weighted by Crippen LogP contribution is 2.33. The van der Waals surface area contributed by atoms with Gasteiger partial charge in [-0.3, -0.25) is 15.6 Å². The molecule has 0 aliphatic carbocycles. The predicted molar refractivity (Wildman–Crippen MR) is 91.7 cm³/mol. The molecule has 0 radical (unpaired) electrons. The highest BCUT2D eigenvalue weighted by molar-refractivity contribution is 9.10. The van der Waals surface area contributed by atoms with Gasteiger partial charge in [-0.2, -0.15) is 0 Å². The van der Waals surface area contributed by atoms with E-state index in [9.17, 15) is 4.79 Å². The van der Waals surface area contributed by atoms with E-state index in [2.05, 4.69) is 26.8 Å². The van der Waals surface area contributed by atoms with Crippen LogP contribution < -0.4 is 10.9 Å². The van der Waals surface area contributed by atoms with Gasteiger partial charge in [0.15, 0.2) is 0 Å². The Morgan fingerprint density at radius 2 is 1.57 bits per heavy atom. The molecule has 110 valence electrons. The third-order valence-corrected chi connectivity index (χ3v) is 4.10. The number of halogens is 5. The first-order valence-corrected chi connectivity index (χ1v) is 7.85. The van der Waals surface area contributed by atoms with Crippen molar-refractivity contribution in [2.24, 2.45) is 0 Å². The lowest BCUT2D eigenvalue weighted by molar-refractivity contribution is 0.0963. The molecular formula is C13H7BrCl4N2O. The molecule has 8 heteroatoms. The molecule has 1 amide bonds. The van der Waals surface area contributed by atoms with Gasteiger partial charge in [0.25, 0.3) is 5.91 Å². The number of nitrogens with one attached hydrogen (secondary N) is 2. The summed E-state index contributed by atoms with van der Waals surface area (Å²) in [5.41, 5.74) is 5.80. The second-order valence-electron chi connectivity index (χ2n) is 3.95. The third-order valence-electron chi connectivity index (χ3n) is 2.48. The van der Waals surface area contributed by atoms with Crippen molar-refractivity contribution in [2.45, 2.75) is 0 Å². The van der Waals surface area contributed by atoms with Crippen LogP contribution in [0.5, 0.6) is 0 Å². The standard InChI is InChI=1S/C13H7BrCl4N2O/c14-6-1-2-8(9(16)3-6)13(21)20-19-12-10(17)4-7(15)5-11(12)18/h1-5,19H,(H,20,21). The molecule has 0 aromatic heterocycles. The van der Waals surface area contributed by atoms with Crippen LogP contribution in [0.4, 0.5) is 5.69 Å². The monoisotopic (exact) mass is 426 g/mol. The van der Waals surface area contributed by atoms with Gasteiger partial charge in [-0.05, 0) is 30.3 Å². The fourth-order valence-corrected chi connectivity index (χ4v) is 3.19. The Labute approximate surface area is 149 Å². The van der Waals surface area contributed by atoms with Crippen LogP contribution in [0.25, 0.3) is 0 Å². The van der Waals surface area contributed by atoms with E-state index in [1.165, 1.54) is 12.1 Å². The largest absolute Gasteiger partial charge is 0.295 e. The van der Waals surface area contributed by atoms with Gasteiger partial charge in [0.1, 0.15) is 0 Å². The van der Waals surface area contributed by atoms with E-state index >= 15 is 0 Å². The van der Waals surface area contributed by atoms with Crippen LogP contribution in [0, 0.1) is 0 Å². The molecule has 0 saturated carbocycles. The van der Waals surface area contributed by atoms with Crippen molar-refractivity contribution >= 4 is 73.9 Å². The number of carbonyl (C=O) groups is 1. The van der Waals surface area contributed by atoms with Gasteiger partial charge in [-0.15, -0.1) is 0 Å². The molecule has 3 nitrogen and oxygen atoms in total. The van der Waals surface area contributed by atoms with Crippen LogP contribution in [-0.4, -0.2) is 5.91 Å². The summed E-state index contributed by atoms with van der Waals surface area (Å²) in [5, 5.41) is 1.29. The minimum Gasteiger partial charge on any atom is -0.295 e. The van der Waals surface area contributed by atoms with Crippen molar-refractivity contribution in [1.82, 2.24) is 5.43 Å². The topological polar surface area (TPSA) is 41.1 Å². The summed E-state index contributed by atoms with van der Waals surface area (Å²) >= 11 is 27.1. The Morgan fingerprint density at radius 1 is 0.952 bits per heavy atom. The number of carbonyl (C=O) groups excluding carboxylic acids is 1. The maximum absolute atomic E-state index is 12.1. The molecule has 2 aromatic carbocycles. The molecule has 0 atom stereocenters. The lowest BCUT2D eigenvalue weighted by Crippen LogP contribution is -2.29. The van der Waals surface area contributed by atoms with Crippen LogP contribution in [0.2, 0.25) is 20.1 Å². The summed E-state index contributed by atoms with van der Waals surface area (Å²) in [5.74, 6) is -0.422. The number of benzene rings is 2. The van der Waals surface area contributed by atoms with Crippen molar-refractivity contribution in [3.63, 3.8) is 0 Å². The lowest BCUT2D eigenvalue weighted by atomic mass is 10.2. The summed E-state index contributed by atoms with van der Waals surface area (Å²) < 4.78 is 0.779. The first-order chi connectivity index (χ1) is 9.88. The number of hydrazine groups is 1. The Balaban J connectivity index is 2.15. The van der Waals surface area contributed by atoms with Gasteiger partial charge in [-0.25, -0.2) is 0 Å². The van der Waals surface area contributed by atoms with Crippen LogP contribution in [0.15, 0.2) is 34.8 Å². The molecule has 0 spiro atoms. The summed E-state index contributed by atoms with van der Waals surface area (Å²) in [6.45, 7) is 0. The molecule has 0 unspecified atom stereocenters. The maximum atomic E-state index is 12.1. The molecule has 2 N–H and O–H groups in total. The molecule has 0 heterocycles. The van der Waals surface area contributed by atoms with Crippen LogP contribution in [0.1, 0.15) is 10.4 Å². The molecule has 0 bridgehead atoms. The molecule has 0 aliphatic rings. The molecule has 2 aromatic rings. The number of rotatable bonds is 3. The molecule has 0 saturated heterocycles. The normalized spacial score (nSPS) is 10.3. The van der Waals surface area contributed by atoms with Crippen molar-refractivity contribution in [2.75, 3.05) is 5.43 Å². The summed E-state index contributed by atoms with van der Waals surface area (Å²) in [4.78, 5) is 12.1. The van der Waals surface area contributed by atoms with E-state index in [1.807, 2.05) is 0 Å². The van der Waals surface area contributed by atoms with Crippen LogP contribution in [0.3, 0.4) is 0 Å². The fraction of sp³-hybridized carbons (Fsp3) is 0. The fourth-order valence-electron chi connectivity index (χ4n) is 1.52.